The highest BCUT2D eigenvalue weighted by atomic mass is 28.4. The van der Waals surface area contributed by atoms with Crippen LogP contribution < -0.4 is 0 Å². The van der Waals surface area contributed by atoms with Gasteiger partial charge in [-0.15, -0.1) is 0 Å². The van der Waals surface area contributed by atoms with Crippen molar-refractivity contribution in [2.45, 2.75) is 43.8 Å². The molecule has 0 N–H and O–H groups in total. The molecule has 0 aromatic heterocycles. The molecule has 110 valence electrons. The molecule has 3 rings (SSSR count). The van der Waals surface area contributed by atoms with Crippen molar-refractivity contribution < 1.29 is 0 Å². The van der Waals surface area contributed by atoms with Gasteiger partial charge in [0, 0.05) is 8.07 Å². The van der Waals surface area contributed by atoms with E-state index in [0.717, 1.165) is 0 Å². The SMILES string of the molecule is C[Si](C)(C)C[Si](C)(C1=Cc2ccccc2C1)C1C=CC=C1. The number of hydrogen-bond acceptors (Lipinski definition) is 0. The minimum atomic E-state index is -1.47. The van der Waals surface area contributed by atoms with Crippen molar-refractivity contribution in [1.29, 1.82) is 0 Å². The lowest BCUT2D eigenvalue weighted by Gasteiger charge is -2.38. The Hall–Kier alpha value is -1.13. The number of rotatable bonds is 4. The topological polar surface area (TPSA) is 0 Å². The summed E-state index contributed by atoms with van der Waals surface area (Å²) in [6, 6.07) is 8.95. The second-order valence-electron chi connectivity index (χ2n) is 8.00. The summed E-state index contributed by atoms with van der Waals surface area (Å²) in [7, 11) is -2.55. The quantitative estimate of drug-likeness (QED) is 0.633. The van der Waals surface area contributed by atoms with Crippen LogP contribution in [-0.2, 0) is 6.42 Å². The van der Waals surface area contributed by atoms with Gasteiger partial charge in [-0.3, -0.25) is 0 Å². The van der Waals surface area contributed by atoms with Gasteiger partial charge in [-0.25, -0.2) is 0 Å². The molecule has 0 amide bonds. The summed E-state index contributed by atoms with van der Waals surface area (Å²) in [6.45, 7) is 10.2. The molecule has 21 heavy (non-hydrogen) atoms. The Morgan fingerprint density at radius 2 is 1.67 bits per heavy atom. The van der Waals surface area contributed by atoms with E-state index >= 15 is 0 Å². The zero-order valence-corrected chi connectivity index (χ0v) is 15.7. The Balaban J connectivity index is 1.98. The molecule has 0 nitrogen and oxygen atoms in total. The average molecular weight is 311 g/mol. The van der Waals surface area contributed by atoms with Crippen LogP contribution in [0.3, 0.4) is 0 Å². The lowest BCUT2D eigenvalue weighted by molar-refractivity contribution is 1.19. The lowest BCUT2D eigenvalue weighted by atomic mass is 10.1. The van der Waals surface area contributed by atoms with Crippen molar-refractivity contribution in [3.63, 3.8) is 0 Å². The number of allylic oxidation sites excluding steroid dienone is 5. The second kappa shape index (κ2) is 5.25. The number of benzene rings is 1. The van der Waals surface area contributed by atoms with Crippen molar-refractivity contribution in [2.24, 2.45) is 0 Å². The van der Waals surface area contributed by atoms with Gasteiger partial charge in [0.05, 0.1) is 8.07 Å². The molecule has 0 saturated carbocycles. The van der Waals surface area contributed by atoms with Gasteiger partial charge in [-0.2, -0.15) is 0 Å². The van der Waals surface area contributed by atoms with E-state index in [4.69, 9.17) is 0 Å². The van der Waals surface area contributed by atoms with E-state index in [0.29, 0.717) is 5.54 Å². The third-order valence-electron chi connectivity index (χ3n) is 4.88. The molecule has 0 saturated heterocycles. The zero-order valence-electron chi connectivity index (χ0n) is 13.7. The van der Waals surface area contributed by atoms with Gasteiger partial charge in [-0.1, -0.05) is 91.7 Å². The van der Waals surface area contributed by atoms with Gasteiger partial charge >= 0.3 is 0 Å². The molecule has 1 aromatic carbocycles. The molecular formula is C19H26Si2. The van der Waals surface area contributed by atoms with Gasteiger partial charge in [0.1, 0.15) is 0 Å². The maximum Gasteiger partial charge on any atom is 0.0870 e. The minimum absolute atomic E-state index is 0.699. The Kier molecular flexibility index (Phi) is 3.70. The fraction of sp³-hybridized carbons (Fsp3) is 0.368. The molecule has 1 aromatic rings. The predicted octanol–water partition coefficient (Wildman–Crippen LogP) is 5.62. The van der Waals surface area contributed by atoms with Crippen LogP contribution in [0.25, 0.3) is 6.08 Å². The summed E-state index contributed by atoms with van der Waals surface area (Å²) >= 11 is 0. The first kappa shape index (κ1) is 14.8. The molecule has 2 aliphatic rings. The Morgan fingerprint density at radius 1 is 1.00 bits per heavy atom. The molecule has 1 atom stereocenters. The highest BCUT2D eigenvalue weighted by molar-refractivity contribution is 7.00. The Morgan fingerprint density at radius 3 is 2.29 bits per heavy atom. The molecule has 0 radical (unpaired) electrons. The minimum Gasteiger partial charge on any atom is -0.0800 e. The Labute approximate surface area is 131 Å². The molecule has 1 unspecified atom stereocenters. The third-order valence-corrected chi connectivity index (χ3v) is 15.7. The molecule has 0 aliphatic heterocycles. The fourth-order valence-corrected chi connectivity index (χ4v) is 17.3. The van der Waals surface area contributed by atoms with Crippen LogP contribution in [0.5, 0.6) is 0 Å². The third kappa shape index (κ3) is 2.92. The standard InChI is InChI=1S/C19H26Si2/c1-20(2,3)15-21(4,18-11-7-8-12-18)19-13-16-9-5-6-10-17(16)14-19/h5-13,18H,14-15H2,1-4H3. The second-order valence-corrected chi connectivity index (χ2v) is 18.7. The first-order valence-corrected chi connectivity index (χ1v) is 14.5. The molecule has 2 heteroatoms. The van der Waals surface area contributed by atoms with Crippen molar-refractivity contribution in [3.05, 3.63) is 64.9 Å². The molecule has 0 bridgehead atoms. The van der Waals surface area contributed by atoms with Gasteiger partial charge in [0.25, 0.3) is 0 Å². The summed E-state index contributed by atoms with van der Waals surface area (Å²) in [6.07, 6.45) is 13.1. The van der Waals surface area contributed by atoms with Crippen LogP contribution in [0.4, 0.5) is 0 Å². The zero-order chi connectivity index (χ0) is 15.1. The smallest absolute Gasteiger partial charge is 0.0800 e. The summed E-state index contributed by atoms with van der Waals surface area (Å²) in [5, 5.41) is 1.77. The summed E-state index contributed by atoms with van der Waals surface area (Å²) in [4.78, 5) is 0. The van der Waals surface area contributed by atoms with Gasteiger partial charge in [0.2, 0.25) is 0 Å². The fourth-order valence-electron chi connectivity index (χ4n) is 4.05. The summed E-state index contributed by atoms with van der Waals surface area (Å²) in [5.41, 5.74) is 5.18. The van der Waals surface area contributed by atoms with E-state index in [9.17, 15) is 0 Å². The lowest BCUT2D eigenvalue weighted by Crippen LogP contribution is -2.45. The van der Waals surface area contributed by atoms with E-state index < -0.39 is 16.1 Å². The van der Waals surface area contributed by atoms with Crippen LogP contribution in [0, 0.1) is 0 Å². The van der Waals surface area contributed by atoms with Crippen LogP contribution in [-0.4, -0.2) is 16.1 Å². The van der Waals surface area contributed by atoms with Crippen molar-refractivity contribution in [2.75, 3.05) is 0 Å². The normalized spacial score (nSPS) is 20.5. The van der Waals surface area contributed by atoms with E-state index in [1.54, 1.807) is 5.20 Å². The number of fused-ring (bicyclic) bond motifs is 1. The van der Waals surface area contributed by atoms with Crippen molar-refractivity contribution in [3.8, 4) is 0 Å². The van der Waals surface area contributed by atoms with E-state index in [2.05, 4.69) is 80.8 Å². The number of hydrogen-bond donors (Lipinski definition) is 0. The van der Waals surface area contributed by atoms with Crippen molar-refractivity contribution in [1.82, 2.24) is 0 Å². The maximum atomic E-state index is 2.63. The van der Waals surface area contributed by atoms with Crippen molar-refractivity contribution >= 4 is 22.2 Å². The first-order valence-electron chi connectivity index (χ1n) is 8.02. The molecule has 2 aliphatic carbocycles. The van der Waals surface area contributed by atoms with Crippen LogP contribution in [0.15, 0.2) is 53.8 Å². The molecule has 0 fully saturated rings. The highest BCUT2D eigenvalue weighted by Gasteiger charge is 2.42. The van der Waals surface area contributed by atoms with Gasteiger partial charge < -0.3 is 0 Å². The van der Waals surface area contributed by atoms with Crippen LogP contribution >= 0.6 is 0 Å². The highest BCUT2D eigenvalue weighted by Crippen LogP contribution is 2.43. The van der Waals surface area contributed by atoms with E-state index in [1.165, 1.54) is 23.2 Å². The molecule has 0 heterocycles. The summed E-state index contributed by atoms with van der Waals surface area (Å²) < 4.78 is 0. The summed E-state index contributed by atoms with van der Waals surface area (Å²) in [5.74, 6) is 0. The monoisotopic (exact) mass is 310 g/mol. The maximum absolute atomic E-state index is 2.63. The van der Waals surface area contributed by atoms with Gasteiger partial charge in [0.15, 0.2) is 0 Å². The van der Waals surface area contributed by atoms with E-state index in [-0.39, 0.29) is 0 Å². The first-order chi connectivity index (χ1) is 9.88. The van der Waals surface area contributed by atoms with E-state index in [1.807, 2.05) is 0 Å². The average Bonchev–Trinajstić information content (AvgIpc) is 3.06. The largest absolute Gasteiger partial charge is 0.0870 e. The van der Waals surface area contributed by atoms with Crippen LogP contribution in [0.2, 0.25) is 37.4 Å². The molecule has 0 spiro atoms. The van der Waals surface area contributed by atoms with Crippen LogP contribution in [0.1, 0.15) is 11.1 Å². The molecular weight excluding hydrogens is 284 g/mol. The Bertz CT molecular complexity index is 619. The predicted molar refractivity (Wildman–Crippen MR) is 99.9 cm³/mol. The van der Waals surface area contributed by atoms with Gasteiger partial charge in [-0.05, 0) is 23.1 Å².